The van der Waals surface area contributed by atoms with Gasteiger partial charge < -0.3 is 19.5 Å². The molecule has 8 heteroatoms. The highest BCUT2D eigenvalue weighted by Gasteiger charge is 2.19. The van der Waals surface area contributed by atoms with Crippen molar-refractivity contribution >= 4 is 17.6 Å². The molecule has 2 rings (SSSR count). The SMILES string of the molecule is CCOCCCN(CC(=O)Nc1ccon1)C(=O)c1cccc(F)c1. The lowest BCUT2D eigenvalue weighted by Gasteiger charge is -2.22. The highest BCUT2D eigenvalue weighted by molar-refractivity contribution is 5.99. The molecule has 1 N–H and O–H groups in total. The average molecular weight is 349 g/mol. The van der Waals surface area contributed by atoms with Crippen molar-refractivity contribution in [1.82, 2.24) is 10.1 Å². The summed E-state index contributed by atoms with van der Waals surface area (Å²) in [5, 5.41) is 6.11. The lowest BCUT2D eigenvalue weighted by Crippen LogP contribution is -2.39. The monoisotopic (exact) mass is 349 g/mol. The molecule has 0 spiro atoms. The number of nitrogens with one attached hydrogen (secondary N) is 1. The Morgan fingerprint density at radius 1 is 1.36 bits per heavy atom. The fraction of sp³-hybridized carbons (Fsp3) is 0.353. The molecular formula is C17H20FN3O4. The first-order valence-corrected chi connectivity index (χ1v) is 7.93. The van der Waals surface area contributed by atoms with E-state index in [1.54, 1.807) is 0 Å². The number of ether oxygens (including phenoxy) is 1. The van der Waals surface area contributed by atoms with Crippen LogP contribution in [0.3, 0.4) is 0 Å². The van der Waals surface area contributed by atoms with Crippen molar-refractivity contribution in [2.45, 2.75) is 13.3 Å². The van der Waals surface area contributed by atoms with Crippen molar-refractivity contribution in [3.63, 3.8) is 0 Å². The van der Waals surface area contributed by atoms with Gasteiger partial charge in [0.25, 0.3) is 5.91 Å². The van der Waals surface area contributed by atoms with Gasteiger partial charge in [-0.05, 0) is 31.5 Å². The van der Waals surface area contributed by atoms with E-state index in [4.69, 9.17) is 4.74 Å². The van der Waals surface area contributed by atoms with Crippen molar-refractivity contribution in [1.29, 1.82) is 0 Å². The summed E-state index contributed by atoms with van der Waals surface area (Å²) in [5.74, 6) is -1.09. The second-order valence-corrected chi connectivity index (χ2v) is 5.22. The molecule has 1 aromatic heterocycles. The predicted octanol–water partition coefficient (Wildman–Crippen LogP) is 2.32. The summed E-state index contributed by atoms with van der Waals surface area (Å²) in [5.41, 5.74) is 0.186. The number of amides is 2. The Hall–Kier alpha value is -2.74. The standard InChI is InChI=1S/C17H20FN3O4/c1-2-24-9-4-8-21(12-16(22)19-15-7-10-25-20-15)17(23)13-5-3-6-14(18)11-13/h3,5-7,10-11H,2,4,8-9,12H2,1H3,(H,19,20,22). The zero-order chi connectivity index (χ0) is 18.1. The van der Waals surface area contributed by atoms with E-state index in [1.807, 2.05) is 6.92 Å². The van der Waals surface area contributed by atoms with Crippen LogP contribution >= 0.6 is 0 Å². The van der Waals surface area contributed by atoms with E-state index in [2.05, 4.69) is 15.0 Å². The van der Waals surface area contributed by atoms with Gasteiger partial charge in [0.15, 0.2) is 5.82 Å². The van der Waals surface area contributed by atoms with E-state index in [-0.39, 0.29) is 17.9 Å². The van der Waals surface area contributed by atoms with E-state index < -0.39 is 17.6 Å². The maximum atomic E-state index is 13.4. The number of carbonyl (C=O) groups excluding carboxylic acids is 2. The summed E-state index contributed by atoms with van der Waals surface area (Å²) in [7, 11) is 0. The molecule has 25 heavy (non-hydrogen) atoms. The van der Waals surface area contributed by atoms with Crippen LogP contribution < -0.4 is 5.32 Å². The van der Waals surface area contributed by atoms with Gasteiger partial charge in [-0.2, -0.15) is 0 Å². The molecule has 0 bridgehead atoms. The van der Waals surface area contributed by atoms with Crippen LogP contribution in [0.4, 0.5) is 10.2 Å². The molecule has 0 radical (unpaired) electrons. The van der Waals surface area contributed by atoms with Gasteiger partial charge in [0.2, 0.25) is 5.91 Å². The molecular weight excluding hydrogens is 329 g/mol. The molecule has 2 amide bonds. The molecule has 134 valence electrons. The van der Waals surface area contributed by atoms with Crippen LogP contribution in [0.15, 0.2) is 41.1 Å². The third-order valence-electron chi connectivity index (χ3n) is 3.32. The molecule has 0 aliphatic rings. The summed E-state index contributed by atoms with van der Waals surface area (Å²) >= 11 is 0. The van der Waals surface area contributed by atoms with Crippen LogP contribution in [-0.4, -0.2) is 48.2 Å². The lowest BCUT2D eigenvalue weighted by molar-refractivity contribution is -0.117. The second kappa shape index (κ2) is 9.53. The van der Waals surface area contributed by atoms with Crippen LogP contribution in [0.25, 0.3) is 0 Å². The number of nitrogens with zero attached hydrogens (tertiary/aromatic N) is 2. The molecule has 0 aliphatic carbocycles. The summed E-state index contributed by atoms with van der Waals surface area (Å²) < 4.78 is 23.3. The highest BCUT2D eigenvalue weighted by atomic mass is 19.1. The fourth-order valence-electron chi connectivity index (χ4n) is 2.19. The maximum absolute atomic E-state index is 13.4. The Kier molecular flexibility index (Phi) is 7.09. The van der Waals surface area contributed by atoms with E-state index in [9.17, 15) is 14.0 Å². The summed E-state index contributed by atoms with van der Waals surface area (Å²) in [6.45, 7) is 3.04. The maximum Gasteiger partial charge on any atom is 0.254 e. The molecule has 1 aromatic carbocycles. The molecule has 0 atom stereocenters. The number of hydrogen-bond donors (Lipinski definition) is 1. The van der Waals surface area contributed by atoms with Crippen molar-refractivity contribution in [3.05, 3.63) is 48.0 Å². The fourth-order valence-corrected chi connectivity index (χ4v) is 2.19. The van der Waals surface area contributed by atoms with E-state index >= 15 is 0 Å². The van der Waals surface area contributed by atoms with Gasteiger partial charge >= 0.3 is 0 Å². The van der Waals surface area contributed by atoms with Gasteiger partial charge in [0.1, 0.15) is 18.6 Å². The third kappa shape index (κ3) is 6.00. The Morgan fingerprint density at radius 2 is 2.20 bits per heavy atom. The van der Waals surface area contributed by atoms with Gasteiger partial charge in [0, 0.05) is 31.4 Å². The zero-order valence-corrected chi connectivity index (χ0v) is 13.9. The topological polar surface area (TPSA) is 84.7 Å². The molecule has 0 saturated carbocycles. The average Bonchev–Trinajstić information content (AvgIpc) is 3.10. The third-order valence-corrected chi connectivity index (χ3v) is 3.32. The quantitative estimate of drug-likeness (QED) is 0.702. The molecule has 2 aromatic rings. The van der Waals surface area contributed by atoms with Crippen LogP contribution in [0.2, 0.25) is 0 Å². The van der Waals surface area contributed by atoms with E-state index in [0.29, 0.717) is 26.2 Å². The Bertz CT molecular complexity index is 691. The summed E-state index contributed by atoms with van der Waals surface area (Å²) in [4.78, 5) is 26.1. The number of rotatable bonds is 9. The smallest absolute Gasteiger partial charge is 0.254 e. The molecule has 0 fully saturated rings. The van der Waals surface area contributed by atoms with Crippen LogP contribution in [0, 0.1) is 5.82 Å². The van der Waals surface area contributed by atoms with Crippen molar-refractivity contribution < 1.29 is 23.2 Å². The number of benzene rings is 1. The number of anilines is 1. The summed E-state index contributed by atoms with van der Waals surface area (Å²) in [6.07, 6.45) is 1.89. The first-order valence-electron chi connectivity index (χ1n) is 7.93. The second-order valence-electron chi connectivity index (χ2n) is 5.22. The summed E-state index contributed by atoms with van der Waals surface area (Å²) in [6, 6.07) is 6.86. The Balaban J connectivity index is 2.03. The van der Waals surface area contributed by atoms with E-state index in [1.165, 1.54) is 35.4 Å². The van der Waals surface area contributed by atoms with Gasteiger partial charge in [-0.1, -0.05) is 11.2 Å². The predicted molar refractivity (Wildman–Crippen MR) is 88.5 cm³/mol. The Labute approximate surface area is 144 Å². The molecule has 0 unspecified atom stereocenters. The van der Waals surface area contributed by atoms with Crippen molar-refractivity contribution in [3.8, 4) is 0 Å². The van der Waals surface area contributed by atoms with Crippen molar-refractivity contribution in [2.75, 3.05) is 31.6 Å². The first-order chi connectivity index (χ1) is 12.1. The van der Waals surface area contributed by atoms with Gasteiger partial charge in [0.05, 0.1) is 0 Å². The van der Waals surface area contributed by atoms with Gasteiger partial charge in [-0.25, -0.2) is 4.39 Å². The zero-order valence-electron chi connectivity index (χ0n) is 13.9. The largest absolute Gasteiger partial charge is 0.382 e. The molecule has 1 heterocycles. The minimum Gasteiger partial charge on any atom is -0.382 e. The Morgan fingerprint density at radius 3 is 2.88 bits per heavy atom. The molecule has 0 saturated heterocycles. The number of carbonyl (C=O) groups is 2. The van der Waals surface area contributed by atoms with Gasteiger partial charge in [-0.15, -0.1) is 0 Å². The highest BCUT2D eigenvalue weighted by Crippen LogP contribution is 2.09. The van der Waals surface area contributed by atoms with Crippen molar-refractivity contribution in [2.24, 2.45) is 0 Å². The van der Waals surface area contributed by atoms with Crippen LogP contribution in [-0.2, 0) is 9.53 Å². The molecule has 0 aliphatic heterocycles. The number of hydrogen-bond acceptors (Lipinski definition) is 5. The van der Waals surface area contributed by atoms with Crippen LogP contribution in [0.5, 0.6) is 0 Å². The van der Waals surface area contributed by atoms with Crippen LogP contribution in [0.1, 0.15) is 23.7 Å². The molecule has 7 nitrogen and oxygen atoms in total. The van der Waals surface area contributed by atoms with Gasteiger partial charge in [-0.3, -0.25) is 9.59 Å². The normalized spacial score (nSPS) is 10.5. The number of aromatic nitrogens is 1. The number of halogens is 1. The van der Waals surface area contributed by atoms with E-state index in [0.717, 1.165) is 6.07 Å². The first kappa shape index (κ1) is 18.6. The minimum atomic E-state index is -0.507. The minimum absolute atomic E-state index is 0.186. The lowest BCUT2D eigenvalue weighted by atomic mass is 10.2.